The summed E-state index contributed by atoms with van der Waals surface area (Å²) in [6.07, 6.45) is 0.867. The molecule has 96 valence electrons. The van der Waals surface area contributed by atoms with Gasteiger partial charge >= 0.3 is 5.97 Å². The largest absolute Gasteiger partial charge is 0.512 e. The Morgan fingerprint density at radius 3 is 2.28 bits per heavy atom. The van der Waals surface area contributed by atoms with Crippen molar-refractivity contribution in [3.8, 4) is 0 Å². The first-order valence-corrected chi connectivity index (χ1v) is 8.92. The topological polar surface area (TPSA) is 26.3 Å². The molecular formula is C15H20O2Si. The van der Waals surface area contributed by atoms with E-state index in [0.29, 0.717) is 0 Å². The molecule has 0 N–H and O–H groups in total. The van der Waals surface area contributed by atoms with Crippen molar-refractivity contribution < 1.29 is 9.22 Å². The molecule has 0 unspecified atom stereocenters. The third kappa shape index (κ3) is 2.15. The van der Waals surface area contributed by atoms with Crippen LogP contribution in [-0.2, 0) is 15.6 Å². The highest BCUT2D eigenvalue weighted by Crippen LogP contribution is 2.36. The molecule has 0 aliphatic carbocycles. The minimum Gasteiger partial charge on any atom is -0.512 e. The molecule has 0 fully saturated rings. The van der Waals surface area contributed by atoms with E-state index in [-0.39, 0.29) is 5.97 Å². The molecule has 2 rings (SSSR count). The molecule has 0 saturated heterocycles. The lowest BCUT2D eigenvalue weighted by atomic mass is 10.1. The molecule has 1 aliphatic rings. The van der Waals surface area contributed by atoms with Gasteiger partial charge in [-0.1, -0.05) is 44.2 Å². The molecule has 0 radical (unpaired) electrons. The van der Waals surface area contributed by atoms with E-state index >= 15 is 0 Å². The fourth-order valence-corrected chi connectivity index (χ4v) is 6.28. The summed E-state index contributed by atoms with van der Waals surface area (Å²) in [5, 5.41) is 1.30. The lowest BCUT2D eigenvalue weighted by molar-refractivity contribution is -0.130. The van der Waals surface area contributed by atoms with Crippen LogP contribution in [0.1, 0.15) is 26.3 Å². The minimum absolute atomic E-state index is 0.0868. The third-order valence-electron chi connectivity index (χ3n) is 3.96. The normalized spacial score (nSPS) is 18.1. The van der Waals surface area contributed by atoms with Crippen LogP contribution in [0, 0.1) is 0 Å². The summed E-state index contributed by atoms with van der Waals surface area (Å²) in [6, 6.07) is 12.3. The number of hydrogen-bond donors (Lipinski definition) is 0. The maximum absolute atomic E-state index is 11.9. The number of hydrogen-bond acceptors (Lipinski definition) is 2. The fourth-order valence-electron chi connectivity index (χ4n) is 2.70. The monoisotopic (exact) mass is 260 g/mol. The van der Waals surface area contributed by atoms with Crippen molar-refractivity contribution in [1.82, 2.24) is 0 Å². The van der Waals surface area contributed by atoms with Gasteiger partial charge in [0.25, 0.3) is 8.32 Å². The Hall–Kier alpha value is -1.35. The van der Waals surface area contributed by atoms with Crippen molar-refractivity contribution in [3.05, 3.63) is 46.7 Å². The predicted molar refractivity (Wildman–Crippen MR) is 75.7 cm³/mol. The van der Waals surface area contributed by atoms with Crippen LogP contribution in [-0.4, -0.2) is 14.3 Å². The van der Waals surface area contributed by atoms with Crippen LogP contribution in [0.2, 0.25) is 12.1 Å². The van der Waals surface area contributed by atoms with Gasteiger partial charge in [-0.15, -0.1) is 0 Å². The van der Waals surface area contributed by atoms with Gasteiger partial charge in [0.05, 0.1) is 0 Å². The summed E-state index contributed by atoms with van der Waals surface area (Å²) in [6.45, 7) is 6.21. The zero-order valence-corrected chi connectivity index (χ0v) is 12.3. The van der Waals surface area contributed by atoms with Crippen molar-refractivity contribution in [2.75, 3.05) is 0 Å². The van der Waals surface area contributed by atoms with Crippen LogP contribution in [0.5, 0.6) is 0 Å². The predicted octanol–water partition coefficient (Wildman–Crippen LogP) is 3.63. The highest BCUT2D eigenvalue weighted by atomic mass is 28.4. The first kappa shape index (κ1) is 13.1. The molecule has 18 heavy (non-hydrogen) atoms. The van der Waals surface area contributed by atoms with E-state index in [9.17, 15) is 4.79 Å². The van der Waals surface area contributed by atoms with Gasteiger partial charge in [0.1, 0.15) is 0 Å². The van der Waals surface area contributed by atoms with Crippen LogP contribution >= 0.6 is 0 Å². The number of rotatable bonds is 4. The van der Waals surface area contributed by atoms with E-state index in [1.54, 1.807) is 0 Å². The SMILES string of the molecule is CC[Si]1(CC)OC(=O)C(C)=C1Cc1ccccc1. The van der Waals surface area contributed by atoms with Gasteiger partial charge in [-0.05, 0) is 36.2 Å². The lowest BCUT2D eigenvalue weighted by Gasteiger charge is -2.25. The Bertz CT molecular complexity index is 473. The number of benzene rings is 1. The van der Waals surface area contributed by atoms with E-state index < -0.39 is 8.32 Å². The average Bonchev–Trinajstić information content (AvgIpc) is 2.65. The molecule has 3 heteroatoms. The number of carbonyl (C=O) groups excluding carboxylic acids is 1. The van der Waals surface area contributed by atoms with Gasteiger partial charge in [-0.2, -0.15) is 0 Å². The van der Waals surface area contributed by atoms with Crippen molar-refractivity contribution in [2.45, 2.75) is 39.3 Å². The fraction of sp³-hybridized carbons (Fsp3) is 0.400. The van der Waals surface area contributed by atoms with Gasteiger partial charge in [-0.25, -0.2) is 4.79 Å². The van der Waals surface area contributed by atoms with Crippen LogP contribution < -0.4 is 0 Å². The van der Waals surface area contributed by atoms with E-state index in [2.05, 4.69) is 26.0 Å². The van der Waals surface area contributed by atoms with Crippen molar-refractivity contribution in [2.24, 2.45) is 0 Å². The Kier molecular flexibility index (Phi) is 3.71. The van der Waals surface area contributed by atoms with Crippen LogP contribution in [0.3, 0.4) is 0 Å². The van der Waals surface area contributed by atoms with Crippen LogP contribution in [0.15, 0.2) is 41.1 Å². The first-order chi connectivity index (χ1) is 8.63. The Labute approximate surface area is 110 Å². The lowest BCUT2D eigenvalue weighted by Crippen LogP contribution is -2.37. The van der Waals surface area contributed by atoms with E-state index in [0.717, 1.165) is 24.1 Å². The maximum Gasteiger partial charge on any atom is 0.320 e. The summed E-state index contributed by atoms with van der Waals surface area (Å²) in [7, 11) is -1.99. The summed E-state index contributed by atoms with van der Waals surface area (Å²) in [5.74, 6) is -0.0868. The second kappa shape index (κ2) is 5.10. The van der Waals surface area contributed by atoms with Gasteiger partial charge in [0, 0.05) is 5.57 Å². The molecule has 1 aliphatic heterocycles. The third-order valence-corrected chi connectivity index (χ3v) is 8.48. The molecule has 0 amide bonds. The molecule has 0 bridgehead atoms. The number of allylic oxidation sites excluding steroid dienone is 1. The molecule has 2 nitrogen and oxygen atoms in total. The van der Waals surface area contributed by atoms with Crippen molar-refractivity contribution in [1.29, 1.82) is 0 Å². The molecule has 0 atom stereocenters. The van der Waals surface area contributed by atoms with Crippen molar-refractivity contribution in [3.63, 3.8) is 0 Å². The summed E-state index contributed by atoms with van der Waals surface area (Å²) in [4.78, 5) is 11.9. The van der Waals surface area contributed by atoms with Crippen molar-refractivity contribution >= 4 is 14.3 Å². The molecule has 1 heterocycles. The average molecular weight is 260 g/mol. The summed E-state index contributed by atoms with van der Waals surface area (Å²) < 4.78 is 5.77. The van der Waals surface area contributed by atoms with Gasteiger partial charge < -0.3 is 4.43 Å². The van der Waals surface area contributed by atoms with Gasteiger partial charge in [0.15, 0.2) is 0 Å². The first-order valence-electron chi connectivity index (χ1n) is 6.60. The Balaban J connectivity index is 2.36. The molecule has 0 aromatic heterocycles. The summed E-state index contributed by atoms with van der Waals surface area (Å²) in [5.41, 5.74) is 2.12. The second-order valence-electron chi connectivity index (χ2n) is 4.86. The second-order valence-corrected chi connectivity index (χ2v) is 9.07. The van der Waals surface area contributed by atoms with Gasteiger partial charge in [-0.3, -0.25) is 0 Å². The van der Waals surface area contributed by atoms with Gasteiger partial charge in [0.2, 0.25) is 0 Å². The molecular weight excluding hydrogens is 240 g/mol. The van der Waals surface area contributed by atoms with E-state index in [4.69, 9.17) is 4.43 Å². The molecule has 0 spiro atoms. The quantitative estimate of drug-likeness (QED) is 0.773. The number of carbonyl (C=O) groups is 1. The summed E-state index contributed by atoms with van der Waals surface area (Å²) >= 11 is 0. The Morgan fingerprint density at radius 1 is 1.11 bits per heavy atom. The molecule has 1 aromatic rings. The van der Waals surface area contributed by atoms with E-state index in [1.165, 1.54) is 10.8 Å². The zero-order valence-electron chi connectivity index (χ0n) is 11.3. The highest BCUT2D eigenvalue weighted by Gasteiger charge is 2.46. The smallest absolute Gasteiger partial charge is 0.320 e. The Morgan fingerprint density at radius 2 is 1.72 bits per heavy atom. The maximum atomic E-state index is 11.9. The highest BCUT2D eigenvalue weighted by molar-refractivity contribution is 6.84. The standard InChI is InChI=1S/C15H20O2Si/c1-4-18(5-2)14(12(3)15(16)17-18)11-13-9-7-6-8-10-13/h6-10H,4-5,11H2,1-3H3. The van der Waals surface area contributed by atoms with Crippen LogP contribution in [0.4, 0.5) is 0 Å². The van der Waals surface area contributed by atoms with E-state index in [1.807, 2.05) is 25.1 Å². The zero-order chi connectivity index (χ0) is 13.2. The minimum atomic E-state index is -1.99. The molecule has 0 saturated carbocycles. The van der Waals surface area contributed by atoms with Crippen LogP contribution in [0.25, 0.3) is 0 Å². The molecule has 1 aromatic carbocycles.